The Morgan fingerprint density at radius 1 is 1.43 bits per heavy atom. The van der Waals surface area contributed by atoms with Gasteiger partial charge in [-0.3, -0.25) is 4.79 Å². The summed E-state index contributed by atoms with van der Waals surface area (Å²) in [5.41, 5.74) is 1.07. The third-order valence-corrected chi connectivity index (χ3v) is 5.81. The lowest BCUT2D eigenvalue weighted by Crippen LogP contribution is -2.55. The Bertz CT molecular complexity index is 501. The molecule has 2 saturated carbocycles. The fourth-order valence-corrected chi connectivity index (χ4v) is 4.31. The van der Waals surface area contributed by atoms with Crippen LogP contribution in [-0.2, 0) is 19.0 Å². The normalized spacial score (nSPS) is 51.2. The lowest BCUT2D eigenvalue weighted by atomic mass is 9.66. The minimum atomic E-state index is -0.389. The molecule has 0 aromatic carbocycles. The van der Waals surface area contributed by atoms with Crippen LogP contribution in [0.5, 0.6) is 0 Å². The van der Waals surface area contributed by atoms with E-state index in [1.54, 1.807) is 12.7 Å². The predicted molar refractivity (Wildman–Crippen MR) is 77.0 cm³/mol. The van der Waals surface area contributed by atoms with Crippen LogP contribution in [0.4, 0.5) is 0 Å². The molecule has 4 fully saturated rings. The highest BCUT2D eigenvalue weighted by Crippen LogP contribution is 2.59. The summed E-state index contributed by atoms with van der Waals surface area (Å²) in [7, 11) is 1.64. The number of ether oxygens (including phenoxy) is 3. The minimum Gasteiger partial charge on any atom is -0.373 e. The number of allylic oxidation sites excluding steroid dienone is 1. The monoisotopic (exact) mass is 292 g/mol. The van der Waals surface area contributed by atoms with Gasteiger partial charge in [0.05, 0.1) is 18.6 Å². The van der Waals surface area contributed by atoms with E-state index in [9.17, 15) is 4.79 Å². The van der Waals surface area contributed by atoms with E-state index in [0.29, 0.717) is 0 Å². The quantitative estimate of drug-likeness (QED) is 0.589. The van der Waals surface area contributed by atoms with E-state index in [1.807, 2.05) is 6.92 Å². The van der Waals surface area contributed by atoms with Crippen molar-refractivity contribution in [1.29, 1.82) is 0 Å². The molecule has 2 aliphatic heterocycles. The first-order chi connectivity index (χ1) is 10.00. The summed E-state index contributed by atoms with van der Waals surface area (Å²) < 4.78 is 17.5. The number of ketones is 1. The van der Waals surface area contributed by atoms with E-state index in [2.05, 4.69) is 13.0 Å². The third-order valence-electron chi connectivity index (χ3n) is 5.81. The Morgan fingerprint density at radius 3 is 2.71 bits per heavy atom. The van der Waals surface area contributed by atoms with Crippen LogP contribution in [0.25, 0.3) is 0 Å². The molecule has 4 heteroatoms. The average molecular weight is 292 g/mol. The van der Waals surface area contributed by atoms with Gasteiger partial charge in [0.15, 0.2) is 5.78 Å². The van der Waals surface area contributed by atoms with Gasteiger partial charge >= 0.3 is 0 Å². The first-order valence-electron chi connectivity index (χ1n) is 8.06. The van der Waals surface area contributed by atoms with Gasteiger partial charge in [0.2, 0.25) is 0 Å². The molecule has 4 nitrogen and oxygen atoms in total. The van der Waals surface area contributed by atoms with Crippen LogP contribution >= 0.6 is 0 Å². The number of rotatable bonds is 4. The zero-order valence-corrected chi connectivity index (χ0v) is 13.1. The first kappa shape index (κ1) is 13.9. The SMILES string of the molecule is CO[C@@H]1C(=O)[C@H](C)C[C@]2(CO2)[C@H]1[C@@]1(C)O[C@@H]1CC=C1CC1. The van der Waals surface area contributed by atoms with Crippen LogP contribution in [0.3, 0.4) is 0 Å². The van der Waals surface area contributed by atoms with Gasteiger partial charge in [0.25, 0.3) is 0 Å². The Morgan fingerprint density at radius 2 is 2.14 bits per heavy atom. The van der Waals surface area contributed by atoms with Gasteiger partial charge in [-0.15, -0.1) is 0 Å². The molecule has 21 heavy (non-hydrogen) atoms. The molecule has 0 radical (unpaired) electrons. The highest BCUT2D eigenvalue weighted by molar-refractivity contribution is 5.87. The highest BCUT2D eigenvalue weighted by atomic mass is 16.6. The molecule has 0 amide bonds. The van der Waals surface area contributed by atoms with Gasteiger partial charge in [0.1, 0.15) is 17.3 Å². The predicted octanol–water partition coefficient (Wildman–Crippen LogP) is 2.26. The van der Waals surface area contributed by atoms with Gasteiger partial charge in [-0.1, -0.05) is 18.6 Å². The third kappa shape index (κ3) is 2.11. The van der Waals surface area contributed by atoms with Gasteiger partial charge in [-0.2, -0.15) is 0 Å². The van der Waals surface area contributed by atoms with Crippen molar-refractivity contribution in [2.45, 2.75) is 62.9 Å². The fourth-order valence-electron chi connectivity index (χ4n) is 4.31. The summed E-state index contributed by atoms with van der Waals surface area (Å²) in [6.45, 7) is 4.85. The van der Waals surface area contributed by atoms with Gasteiger partial charge in [0, 0.05) is 13.0 Å². The van der Waals surface area contributed by atoms with Crippen molar-refractivity contribution in [2.24, 2.45) is 11.8 Å². The zero-order chi connectivity index (χ0) is 14.8. The van der Waals surface area contributed by atoms with Crippen molar-refractivity contribution in [3.63, 3.8) is 0 Å². The molecule has 0 aromatic heterocycles. The molecule has 2 aliphatic carbocycles. The van der Waals surface area contributed by atoms with Gasteiger partial charge < -0.3 is 14.2 Å². The fraction of sp³-hybridized carbons (Fsp3) is 0.824. The number of hydrogen-bond donors (Lipinski definition) is 0. The molecule has 0 N–H and O–H groups in total. The Labute approximate surface area is 125 Å². The maximum absolute atomic E-state index is 12.5. The molecule has 0 aromatic rings. The number of methoxy groups -OCH3 is 1. The summed E-state index contributed by atoms with van der Waals surface area (Å²) >= 11 is 0. The van der Waals surface area contributed by atoms with Crippen LogP contribution in [0, 0.1) is 11.8 Å². The molecular weight excluding hydrogens is 268 g/mol. The van der Waals surface area contributed by atoms with Crippen LogP contribution in [0.1, 0.15) is 39.5 Å². The molecule has 0 bridgehead atoms. The van der Waals surface area contributed by atoms with Gasteiger partial charge in [-0.05, 0) is 32.6 Å². The topological polar surface area (TPSA) is 51.4 Å². The Kier molecular flexibility index (Phi) is 2.92. The Hall–Kier alpha value is -0.710. The van der Waals surface area contributed by atoms with Crippen LogP contribution in [-0.4, -0.2) is 42.9 Å². The largest absolute Gasteiger partial charge is 0.373 e. The second kappa shape index (κ2) is 4.40. The minimum absolute atomic E-state index is 0.0167. The molecule has 1 spiro atoms. The summed E-state index contributed by atoms with van der Waals surface area (Å²) in [6, 6.07) is 0. The number of hydrogen-bond acceptors (Lipinski definition) is 4. The maximum atomic E-state index is 12.5. The smallest absolute Gasteiger partial charge is 0.164 e. The van der Waals surface area contributed by atoms with E-state index in [-0.39, 0.29) is 41.0 Å². The lowest BCUT2D eigenvalue weighted by molar-refractivity contribution is -0.148. The first-order valence-corrected chi connectivity index (χ1v) is 8.06. The van der Waals surface area contributed by atoms with Crippen LogP contribution in [0.15, 0.2) is 11.6 Å². The van der Waals surface area contributed by atoms with E-state index in [1.165, 1.54) is 12.8 Å². The summed E-state index contributed by atoms with van der Waals surface area (Å²) in [6.07, 6.45) is 6.38. The number of carbonyl (C=O) groups is 1. The molecule has 116 valence electrons. The molecule has 4 aliphatic rings. The molecule has 6 atom stereocenters. The number of carbonyl (C=O) groups excluding carboxylic acids is 1. The standard InChI is InChI=1S/C17H24O4/c1-10-8-17(9-20-17)15(14(19-3)13(10)18)16(2)12(21-16)7-6-11-4-5-11/h6,10,12,14-15H,4-5,7-9H2,1-3H3/t10-,12-,14-,15-,16+,17+/m1/s1. The van der Waals surface area contributed by atoms with Crippen LogP contribution < -0.4 is 0 Å². The van der Waals surface area contributed by atoms with E-state index >= 15 is 0 Å². The van der Waals surface area contributed by atoms with Crippen molar-refractivity contribution < 1.29 is 19.0 Å². The summed E-state index contributed by atoms with van der Waals surface area (Å²) in [5, 5.41) is 0. The zero-order valence-electron chi connectivity index (χ0n) is 13.1. The molecule has 2 heterocycles. The molecular formula is C17H24O4. The highest BCUT2D eigenvalue weighted by Gasteiger charge is 2.72. The van der Waals surface area contributed by atoms with Crippen molar-refractivity contribution in [3.8, 4) is 0 Å². The Balaban J connectivity index is 1.57. The van der Waals surface area contributed by atoms with Crippen molar-refractivity contribution in [1.82, 2.24) is 0 Å². The molecule has 4 rings (SSSR count). The number of Topliss-reactive ketones (excluding diaryl/α,β-unsaturated/α-hetero) is 1. The van der Waals surface area contributed by atoms with Gasteiger partial charge in [-0.25, -0.2) is 0 Å². The van der Waals surface area contributed by atoms with Crippen LogP contribution in [0.2, 0.25) is 0 Å². The summed E-state index contributed by atoms with van der Waals surface area (Å²) in [5.74, 6) is 0.254. The lowest BCUT2D eigenvalue weighted by Gasteiger charge is -2.40. The summed E-state index contributed by atoms with van der Waals surface area (Å²) in [4.78, 5) is 12.5. The van der Waals surface area contributed by atoms with Crippen molar-refractivity contribution in [3.05, 3.63) is 11.6 Å². The maximum Gasteiger partial charge on any atom is 0.164 e. The molecule has 2 saturated heterocycles. The average Bonchev–Trinajstić information content (AvgIpc) is 3.30. The van der Waals surface area contributed by atoms with Crippen molar-refractivity contribution in [2.75, 3.05) is 13.7 Å². The van der Waals surface area contributed by atoms with E-state index in [4.69, 9.17) is 14.2 Å². The number of epoxide rings is 2. The molecule has 0 unspecified atom stereocenters. The second-order valence-electron chi connectivity index (χ2n) is 7.38. The van der Waals surface area contributed by atoms with E-state index < -0.39 is 0 Å². The van der Waals surface area contributed by atoms with Crippen molar-refractivity contribution >= 4 is 5.78 Å². The second-order valence-corrected chi connectivity index (χ2v) is 7.38. The van der Waals surface area contributed by atoms with E-state index in [0.717, 1.165) is 19.4 Å².